The molecule has 0 radical (unpaired) electrons. The fourth-order valence-electron chi connectivity index (χ4n) is 2.71. The molecule has 0 amide bonds. The summed E-state index contributed by atoms with van der Waals surface area (Å²) in [5.41, 5.74) is 3.48. The average Bonchev–Trinajstić information content (AvgIpc) is 2.56. The third-order valence-corrected chi connectivity index (χ3v) is 4.17. The minimum absolute atomic E-state index is 0.131. The molecule has 0 fully saturated rings. The molecule has 116 valence electrons. The average molecular weight is 320 g/mol. The molecule has 0 aromatic heterocycles. The van der Waals surface area contributed by atoms with Crippen molar-refractivity contribution < 1.29 is 0 Å². The molecule has 0 saturated heterocycles. The Bertz CT molecular complexity index is 819. The molecule has 3 aromatic carbocycles. The maximum atomic E-state index is 5.45. The Morgan fingerprint density at radius 3 is 2.39 bits per heavy atom. The van der Waals surface area contributed by atoms with Crippen LogP contribution in [-0.2, 0) is 0 Å². The minimum atomic E-state index is 0.131. The van der Waals surface area contributed by atoms with Crippen molar-refractivity contribution in [1.29, 1.82) is 0 Å². The van der Waals surface area contributed by atoms with E-state index in [1.54, 1.807) is 0 Å². The molecule has 23 heavy (non-hydrogen) atoms. The zero-order valence-corrected chi connectivity index (χ0v) is 14.2. The van der Waals surface area contributed by atoms with Gasteiger partial charge in [-0.2, -0.15) is 0 Å². The molecule has 2 nitrogen and oxygen atoms in total. The van der Waals surface area contributed by atoms with E-state index in [0.717, 1.165) is 5.69 Å². The van der Waals surface area contributed by atoms with Gasteiger partial charge in [0.25, 0.3) is 0 Å². The van der Waals surface area contributed by atoms with Crippen LogP contribution in [0.25, 0.3) is 10.8 Å². The van der Waals surface area contributed by atoms with Crippen LogP contribution in [0.3, 0.4) is 0 Å². The van der Waals surface area contributed by atoms with E-state index < -0.39 is 0 Å². The van der Waals surface area contributed by atoms with Gasteiger partial charge in [0.05, 0.1) is 6.04 Å². The van der Waals surface area contributed by atoms with Crippen LogP contribution >= 0.6 is 12.2 Å². The van der Waals surface area contributed by atoms with Gasteiger partial charge in [-0.05, 0) is 54.5 Å². The Kier molecular flexibility index (Phi) is 4.58. The minimum Gasteiger partial charge on any atom is -0.356 e. The molecule has 0 saturated carbocycles. The molecule has 0 heterocycles. The first-order valence-corrected chi connectivity index (χ1v) is 8.16. The lowest BCUT2D eigenvalue weighted by molar-refractivity contribution is 0.729. The van der Waals surface area contributed by atoms with Gasteiger partial charge in [0.15, 0.2) is 5.11 Å². The zero-order chi connectivity index (χ0) is 16.2. The van der Waals surface area contributed by atoms with Crippen LogP contribution in [0, 0.1) is 6.92 Å². The zero-order valence-electron chi connectivity index (χ0n) is 13.3. The first kappa shape index (κ1) is 15.5. The van der Waals surface area contributed by atoms with Gasteiger partial charge >= 0.3 is 0 Å². The van der Waals surface area contributed by atoms with Gasteiger partial charge < -0.3 is 10.6 Å². The third kappa shape index (κ3) is 3.69. The highest BCUT2D eigenvalue weighted by molar-refractivity contribution is 7.80. The van der Waals surface area contributed by atoms with E-state index in [4.69, 9.17) is 12.2 Å². The predicted octanol–water partition coefficient (Wildman–Crippen LogP) is 5.20. The van der Waals surface area contributed by atoms with Crippen LogP contribution < -0.4 is 10.6 Å². The number of hydrogen-bond donors (Lipinski definition) is 2. The van der Waals surface area contributed by atoms with Crippen LogP contribution in [0.2, 0.25) is 0 Å². The van der Waals surface area contributed by atoms with Crippen molar-refractivity contribution in [2.45, 2.75) is 19.9 Å². The highest BCUT2D eigenvalue weighted by atomic mass is 32.1. The number of rotatable bonds is 3. The Hall–Kier alpha value is -2.39. The molecule has 0 spiro atoms. The van der Waals surface area contributed by atoms with Crippen molar-refractivity contribution in [2.75, 3.05) is 5.32 Å². The maximum Gasteiger partial charge on any atom is 0.171 e. The largest absolute Gasteiger partial charge is 0.356 e. The van der Waals surface area contributed by atoms with Crippen molar-refractivity contribution in [3.63, 3.8) is 0 Å². The maximum absolute atomic E-state index is 5.45. The fraction of sp³-hybridized carbons (Fsp3) is 0.150. The van der Waals surface area contributed by atoms with Crippen molar-refractivity contribution in [1.82, 2.24) is 5.32 Å². The van der Waals surface area contributed by atoms with Crippen molar-refractivity contribution in [3.05, 3.63) is 77.9 Å². The normalized spacial score (nSPS) is 11.9. The fourth-order valence-corrected chi connectivity index (χ4v) is 3.00. The lowest BCUT2D eigenvalue weighted by Gasteiger charge is -2.19. The third-order valence-electron chi connectivity index (χ3n) is 3.95. The highest BCUT2D eigenvalue weighted by Gasteiger charge is 2.10. The summed E-state index contributed by atoms with van der Waals surface area (Å²) in [6, 6.07) is 23.1. The molecule has 0 aliphatic carbocycles. The Morgan fingerprint density at radius 1 is 0.913 bits per heavy atom. The van der Waals surface area contributed by atoms with E-state index >= 15 is 0 Å². The number of nitrogens with one attached hydrogen (secondary N) is 2. The van der Waals surface area contributed by atoms with Crippen LogP contribution in [-0.4, -0.2) is 5.11 Å². The second-order valence-electron chi connectivity index (χ2n) is 5.75. The summed E-state index contributed by atoms with van der Waals surface area (Å²) in [6.45, 7) is 4.20. The lowest BCUT2D eigenvalue weighted by Crippen LogP contribution is -2.30. The van der Waals surface area contributed by atoms with Gasteiger partial charge in [-0.3, -0.25) is 0 Å². The number of aryl methyl sites for hydroxylation is 1. The SMILES string of the molecule is Cc1ccc(NC(=S)NC(C)c2cccc3ccccc23)cc1. The molecule has 3 heteroatoms. The van der Waals surface area contributed by atoms with E-state index in [9.17, 15) is 0 Å². The van der Waals surface area contributed by atoms with Gasteiger partial charge in [-0.15, -0.1) is 0 Å². The van der Waals surface area contributed by atoms with Gasteiger partial charge in [0.1, 0.15) is 0 Å². The second-order valence-corrected chi connectivity index (χ2v) is 6.16. The van der Waals surface area contributed by atoms with Crippen LogP contribution in [0.15, 0.2) is 66.7 Å². The second kappa shape index (κ2) is 6.80. The summed E-state index contributed by atoms with van der Waals surface area (Å²) in [6.07, 6.45) is 0. The van der Waals surface area contributed by atoms with E-state index in [-0.39, 0.29) is 6.04 Å². The summed E-state index contributed by atoms with van der Waals surface area (Å²) in [4.78, 5) is 0. The molecule has 1 unspecified atom stereocenters. The number of anilines is 1. The summed E-state index contributed by atoms with van der Waals surface area (Å²) in [5.74, 6) is 0. The first-order valence-electron chi connectivity index (χ1n) is 7.75. The Labute approximate surface area is 142 Å². The molecule has 3 rings (SSSR count). The standard InChI is InChI=1S/C20H20N2S/c1-14-10-12-17(13-11-14)22-20(23)21-15(2)18-9-5-7-16-6-3-4-8-19(16)18/h3-13,15H,1-2H3,(H2,21,22,23). The number of thiocarbonyl (C=S) groups is 1. The van der Waals surface area contributed by atoms with E-state index in [1.807, 2.05) is 12.1 Å². The smallest absolute Gasteiger partial charge is 0.171 e. The van der Waals surface area contributed by atoms with Gasteiger partial charge in [-0.25, -0.2) is 0 Å². The molecule has 3 aromatic rings. The summed E-state index contributed by atoms with van der Waals surface area (Å²) < 4.78 is 0. The summed E-state index contributed by atoms with van der Waals surface area (Å²) >= 11 is 5.45. The monoisotopic (exact) mass is 320 g/mol. The van der Waals surface area contributed by atoms with E-state index in [0.29, 0.717) is 5.11 Å². The number of fused-ring (bicyclic) bond motifs is 1. The topological polar surface area (TPSA) is 24.1 Å². The quantitative estimate of drug-likeness (QED) is 0.649. The highest BCUT2D eigenvalue weighted by Crippen LogP contribution is 2.24. The van der Waals surface area contributed by atoms with Gasteiger partial charge in [0, 0.05) is 5.69 Å². The Balaban J connectivity index is 1.74. The van der Waals surface area contributed by atoms with Crippen LogP contribution in [0.1, 0.15) is 24.1 Å². The van der Waals surface area contributed by atoms with Crippen LogP contribution in [0.4, 0.5) is 5.69 Å². The lowest BCUT2D eigenvalue weighted by atomic mass is 10.00. The number of hydrogen-bond acceptors (Lipinski definition) is 1. The van der Waals surface area contributed by atoms with E-state index in [1.165, 1.54) is 21.9 Å². The molecule has 0 bridgehead atoms. The molecule has 0 aliphatic rings. The van der Waals surface area contributed by atoms with Crippen LogP contribution in [0.5, 0.6) is 0 Å². The van der Waals surface area contributed by atoms with Gasteiger partial charge in [0.2, 0.25) is 0 Å². The Morgan fingerprint density at radius 2 is 1.61 bits per heavy atom. The van der Waals surface area contributed by atoms with Crippen molar-refractivity contribution in [3.8, 4) is 0 Å². The van der Waals surface area contributed by atoms with Crippen molar-refractivity contribution in [2.24, 2.45) is 0 Å². The van der Waals surface area contributed by atoms with Crippen molar-refractivity contribution >= 4 is 33.8 Å². The first-order chi connectivity index (χ1) is 11.1. The van der Waals surface area contributed by atoms with E-state index in [2.05, 4.69) is 79.1 Å². The molecular weight excluding hydrogens is 300 g/mol. The predicted molar refractivity (Wildman–Crippen MR) is 103 cm³/mol. The molecule has 1 atom stereocenters. The molecule has 2 N–H and O–H groups in total. The number of benzene rings is 3. The van der Waals surface area contributed by atoms with Gasteiger partial charge in [-0.1, -0.05) is 60.2 Å². The molecular formula is C20H20N2S. The summed E-state index contributed by atoms with van der Waals surface area (Å²) in [5, 5.41) is 9.75. The summed E-state index contributed by atoms with van der Waals surface area (Å²) in [7, 11) is 0. The molecule has 0 aliphatic heterocycles.